The van der Waals surface area contributed by atoms with Gasteiger partial charge in [-0.1, -0.05) is 0 Å². The van der Waals surface area contributed by atoms with E-state index in [0.717, 1.165) is 12.8 Å². The van der Waals surface area contributed by atoms with Crippen LogP contribution in [-0.4, -0.2) is 61.1 Å². The Kier molecular flexibility index (Phi) is 4.76. The maximum absolute atomic E-state index is 12.5. The van der Waals surface area contributed by atoms with Gasteiger partial charge in [0, 0.05) is 51.5 Å². The first-order chi connectivity index (χ1) is 11.2. The fourth-order valence-corrected chi connectivity index (χ4v) is 3.18. The molecule has 2 saturated heterocycles. The molecule has 7 nitrogen and oxygen atoms in total. The van der Waals surface area contributed by atoms with Gasteiger partial charge in [0.2, 0.25) is 5.91 Å². The Morgan fingerprint density at radius 2 is 1.87 bits per heavy atom. The van der Waals surface area contributed by atoms with E-state index in [1.807, 2.05) is 9.80 Å². The second-order valence-corrected chi connectivity index (χ2v) is 5.94. The highest BCUT2D eigenvalue weighted by molar-refractivity contribution is 5.97. The maximum Gasteiger partial charge on any atom is 0.252 e. The predicted octanol–water partition coefficient (Wildman–Crippen LogP) is 0.256. The fourth-order valence-electron chi connectivity index (χ4n) is 3.18. The van der Waals surface area contributed by atoms with E-state index in [1.54, 1.807) is 18.3 Å². The van der Waals surface area contributed by atoms with Crippen molar-refractivity contribution in [2.75, 3.05) is 44.3 Å². The van der Waals surface area contributed by atoms with Gasteiger partial charge in [-0.15, -0.1) is 0 Å². The summed E-state index contributed by atoms with van der Waals surface area (Å²) in [4.78, 5) is 32.3. The number of piperazine rings is 1. The normalized spacial score (nSPS) is 19.7. The molecule has 2 fully saturated rings. The largest absolute Gasteiger partial charge is 0.381 e. The number of aromatic nitrogens is 1. The fraction of sp³-hybridized carbons (Fsp3) is 0.562. The van der Waals surface area contributed by atoms with Crippen LogP contribution in [0, 0.1) is 5.92 Å². The molecule has 0 saturated carbocycles. The smallest absolute Gasteiger partial charge is 0.252 e. The Morgan fingerprint density at radius 1 is 1.17 bits per heavy atom. The Balaban J connectivity index is 1.62. The van der Waals surface area contributed by atoms with Crippen molar-refractivity contribution in [3.05, 3.63) is 23.9 Å². The molecular formula is C16H22N4O3. The van der Waals surface area contributed by atoms with Crippen molar-refractivity contribution in [2.45, 2.75) is 12.8 Å². The summed E-state index contributed by atoms with van der Waals surface area (Å²) in [5.74, 6) is 0.447. The van der Waals surface area contributed by atoms with Crippen molar-refractivity contribution >= 4 is 17.6 Å². The van der Waals surface area contributed by atoms with Crippen LogP contribution < -0.4 is 10.6 Å². The van der Waals surface area contributed by atoms with Gasteiger partial charge in [0.1, 0.15) is 5.82 Å². The molecule has 0 atom stereocenters. The van der Waals surface area contributed by atoms with Gasteiger partial charge in [-0.25, -0.2) is 4.98 Å². The Labute approximate surface area is 135 Å². The van der Waals surface area contributed by atoms with E-state index < -0.39 is 5.91 Å². The minimum Gasteiger partial charge on any atom is -0.381 e. The van der Waals surface area contributed by atoms with Gasteiger partial charge >= 0.3 is 0 Å². The summed E-state index contributed by atoms with van der Waals surface area (Å²) in [5.41, 5.74) is 5.84. The van der Waals surface area contributed by atoms with Crippen LogP contribution in [0.5, 0.6) is 0 Å². The third-order valence-corrected chi connectivity index (χ3v) is 4.51. The topological polar surface area (TPSA) is 88.8 Å². The third kappa shape index (κ3) is 3.44. The summed E-state index contributed by atoms with van der Waals surface area (Å²) < 4.78 is 5.32. The number of carbonyl (C=O) groups excluding carboxylic acids is 2. The zero-order valence-corrected chi connectivity index (χ0v) is 13.1. The van der Waals surface area contributed by atoms with E-state index in [0.29, 0.717) is 50.8 Å². The standard InChI is InChI=1S/C16H22N4O3/c17-14(21)13-2-1-5-18-15(13)19-6-8-20(9-7-19)16(22)12-3-10-23-11-4-12/h1-2,5,12H,3-4,6-11H2,(H2,17,21). The van der Waals surface area contributed by atoms with Crippen molar-refractivity contribution < 1.29 is 14.3 Å². The van der Waals surface area contributed by atoms with Crippen molar-refractivity contribution in [2.24, 2.45) is 11.7 Å². The lowest BCUT2D eigenvalue weighted by molar-refractivity contribution is -0.138. The van der Waals surface area contributed by atoms with E-state index in [2.05, 4.69) is 4.98 Å². The van der Waals surface area contributed by atoms with Gasteiger partial charge in [-0.3, -0.25) is 9.59 Å². The SMILES string of the molecule is NC(=O)c1cccnc1N1CCN(C(=O)C2CCOCC2)CC1. The molecule has 3 heterocycles. The number of amides is 2. The lowest BCUT2D eigenvalue weighted by atomic mass is 9.98. The zero-order chi connectivity index (χ0) is 16.2. The molecule has 0 unspecified atom stereocenters. The van der Waals surface area contributed by atoms with E-state index in [9.17, 15) is 9.59 Å². The van der Waals surface area contributed by atoms with Gasteiger partial charge in [0.05, 0.1) is 5.56 Å². The molecule has 2 aliphatic rings. The molecule has 124 valence electrons. The highest BCUT2D eigenvalue weighted by Gasteiger charge is 2.29. The van der Waals surface area contributed by atoms with Crippen molar-refractivity contribution in [3.63, 3.8) is 0 Å². The summed E-state index contributed by atoms with van der Waals surface area (Å²) in [6.07, 6.45) is 3.28. The number of rotatable bonds is 3. The molecule has 0 spiro atoms. The predicted molar refractivity (Wildman–Crippen MR) is 85.1 cm³/mol. The average Bonchev–Trinajstić information content (AvgIpc) is 2.62. The lowest BCUT2D eigenvalue weighted by Crippen LogP contribution is -2.51. The molecule has 2 aliphatic heterocycles. The quantitative estimate of drug-likeness (QED) is 0.863. The molecule has 1 aromatic rings. The monoisotopic (exact) mass is 318 g/mol. The highest BCUT2D eigenvalue weighted by atomic mass is 16.5. The van der Waals surface area contributed by atoms with E-state index in [4.69, 9.17) is 10.5 Å². The summed E-state index contributed by atoms with van der Waals surface area (Å²) in [6, 6.07) is 3.39. The number of hydrogen-bond acceptors (Lipinski definition) is 5. The first kappa shape index (κ1) is 15.7. The molecule has 1 aromatic heterocycles. The van der Waals surface area contributed by atoms with Crippen molar-refractivity contribution in [1.29, 1.82) is 0 Å². The minimum atomic E-state index is -0.478. The van der Waals surface area contributed by atoms with Gasteiger partial charge < -0.3 is 20.3 Å². The van der Waals surface area contributed by atoms with Crippen LogP contribution in [0.1, 0.15) is 23.2 Å². The maximum atomic E-state index is 12.5. The number of primary amides is 1. The molecule has 2 N–H and O–H groups in total. The average molecular weight is 318 g/mol. The number of hydrogen-bond donors (Lipinski definition) is 1. The van der Waals surface area contributed by atoms with Crippen LogP contribution in [0.4, 0.5) is 5.82 Å². The van der Waals surface area contributed by atoms with E-state index in [-0.39, 0.29) is 11.8 Å². The van der Waals surface area contributed by atoms with Crippen molar-refractivity contribution in [3.8, 4) is 0 Å². The second kappa shape index (κ2) is 6.95. The number of ether oxygens (including phenoxy) is 1. The van der Waals surface area contributed by atoms with Crippen LogP contribution in [0.2, 0.25) is 0 Å². The van der Waals surface area contributed by atoms with Crippen LogP contribution in [0.15, 0.2) is 18.3 Å². The summed E-state index contributed by atoms with van der Waals surface area (Å²) in [6.45, 7) is 3.95. The lowest BCUT2D eigenvalue weighted by Gasteiger charge is -2.38. The number of anilines is 1. The third-order valence-electron chi connectivity index (χ3n) is 4.51. The number of carbonyl (C=O) groups is 2. The van der Waals surface area contributed by atoms with Crippen LogP contribution in [0.25, 0.3) is 0 Å². The van der Waals surface area contributed by atoms with Gasteiger partial charge in [-0.05, 0) is 25.0 Å². The van der Waals surface area contributed by atoms with Crippen molar-refractivity contribution in [1.82, 2.24) is 9.88 Å². The Hall–Kier alpha value is -2.15. The van der Waals surface area contributed by atoms with E-state index >= 15 is 0 Å². The summed E-state index contributed by atoms with van der Waals surface area (Å²) >= 11 is 0. The molecule has 0 aliphatic carbocycles. The molecule has 0 radical (unpaired) electrons. The molecule has 0 bridgehead atoms. The Morgan fingerprint density at radius 3 is 2.52 bits per heavy atom. The molecule has 2 amide bonds. The minimum absolute atomic E-state index is 0.0892. The number of pyridine rings is 1. The summed E-state index contributed by atoms with van der Waals surface area (Å²) in [7, 11) is 0. The Bertz CT molecular complexity index is 578. The zero-order valence-electron chi connectivity index (χ0n) is 13.1. The van der Waals surface area contributed by atoms with Crippen LogP contribution in [-0.2, 0) is 9.53 Å². The van der Waals surface area contributed by atoms with Gasteiger partial charge in [-0.2, -0.15) is 0 Å². The number of nitrogens with zero attached hydrogens (tertiary/aromatic N) is 3. The molecule has 23 heavy (non-hydrogen) atoms. The van der Waals surface area contributed by atoms with Crippen LogP contribution >= 0.6 is 0 Å². The highest BCUT2D eigenvalue weighted by Crippen LogP contribution is 2.21. The van der Waals surface area contributed by atoms with Gasteiger partial charge in [0.25, 0.3) is 5.91 Å². The molecule has 3 rings (SSSR count). The van der Waals surface area contributed by atoms with E-state index in [1.165, 1.54) is 0 Å². The molecule has 0 aromatic carbocycles. The second-order valence-electron chi connectivity index (χ2n) is 5.94. The molecule has 7 heteroatoms. The van der Waals surface area contributed by atoms with Crippen LogP contribution in [0.3, 0.4) is 0 Å². The summed E-state index contributed by atoms with van der Waals surface area (Å²) in [5, 5.41) is 0. The first-order valence-corrected chi connectivity index (χ1v) is 8.03. The number of nitrogens with two attached hydrogens (primary N) is 1. The first-order valence-electron chi connectivity index (χ1n) is 8.03. The van der Waals surface area contributed by atoms with Gasteiger partial charge in [0.15, 0.2) is 0 Å². The molecular weight excluding hydrogens is 296 g/mol.